The Kier molecular flexibility index (Phi) is 11.1. The molecule has 2 heterocycles. The molecule has 6 aromatic rings. The fraction of sp³-hybridized carbons (Fsp3) is 0.167. The van der Waals surface area contributed by atoms with Crippen molar-refractivity contribution in [3.8, 4) is 0 Å². The van der Waals surface area contributed by atoms with Crippen molar-refractivity contribution in [1.82, 2.24) is 9.80 Å². The summed E-state index contributed by atoms with van der Waals surface area (Å²) in [5.74, 6) is -0.458. The zero-order valence-electron chi connectivity index (χ0n) is 30.6. The molecular weight excluding hydrogens is 707 g/mol. The first-order chi connectivity index (χ1) is 27.3. The van der Waals surface area contributed by atoms with Crippen LogP contribution in [0.2, 0.25) is 0 Å². The number of benzene rings is 6. The lowest BCUT2D eigenvalue weighted by Gasteiger charge is -2.45. The minimum atomic E-state index is -1.47. The van der Waals surface area contributed by atoms with Gasteiger partial charge in [-0.25, -0.2) is 0 Å². The molecule has 0 radical (unpaired) electrons. The summed E-state index contributed by atoms with van der Waals surface area (Å²) >= 11 is 0. The van der Waals surface area contributed by atoms with Gasteiger partial charge < -0.3 is 9.80 Å². The molecule has 2 atom stereocenters. The molecule has 6 aromatic carbocycles. The van der Waals surface area contributed by atoms with Gasteiger partial charge in [0.05, 0.1) is 0 Å². The SMILES string of the molecule is O=C(F)[C@@H]1CCC(=O)N1C(c1ccccc1)(c1ccccc1)c1ccccc1.O=C(F)[C@@H]1CCC(=O)N1C(c1ccccc1)(c1ccccc1)c1ccccc1. The van der Waals surface area contributed by atoms with Crippen LogP contribution in [0.25, 0.3) is 0 Å². The van der Waals surface area contributed by atoms with Gasteiger partial charge >= 0.3 is 12.1 Å². The molecule has 8 rings (SSSR count). The number of carbonyl (C=O) groups excluding carboxylic acids is 4. The number of nitrogens with zero attached hydrogens (tertiary/aromatic N) is 2. The summed E-state index contributed by atoms with van der Waals surface area (Å²) in [5, 5.41) is 0. The van der Waals surface area contributed by atoms with E-state index in [0.29, 0.717) is 0 Å². The second-order valence-corrected chi connectivity index (χ2v) is 13.9. The highest BCUT2D eigenvalue weighted by atomic mass is 19.1. The van der Waals surface area contributed by atoms with E-state index in [1.54, 1.807) is 0 Å². The lowest BCUT2D eigenvalue weighted by molar-refractivity contribution is -0.143. The maximum Gasteiger partial charge on any atom is 0.323 e. The van der Waals surface area contributed by atoms with Crippen molar-refractivity contribution in [2.45, 2.75) is 48.8 Å². The molecule has 0 N–H and O–H groups in total. The zero-order chi connectivity index (χ0) is 39.1. The van der Waals surface area contributed by atoms with E-state index >= 15 is 0 Å². The van der Waals surface area contributed by atoms with E-state index < -0.39 is 35.2 Å². The van der Waals surface area contributed by atoms with Crippen molar-refractivity contribution in [2.24, 2.45) is 0 Å². The standard InChI is InChI=1S/2C24H20FNO2/c2*25-23(28)21-16-17-22(27)26(21)24(18-10-4-1-5-11-18,19-12-6-2-7-13-19)20-14-8-3-9-15-20/h2*1-15,21H,16-17H2/t2*21-/m00/s1. The van der Waals surface area contributed by atoms with Gasteiger partial charge in [0.2, 0.25) is 11.8 Å². The molecule has 0 unspecified atom stereocenters. The molecular formula is C48H40F2N2O4. The third kappa shape index (κ3) is 6.72. The number of likely N-dealkylation sites (tertiary alicyclic amines) is 2. The Morgan fingerprint density at radius 1 is 0.393 bits per heavy atom. The number of hydrogen-bond acceptors (Lipinski definition) is 4. The van der Waals surface area contributed by atoms with Gasteiger partial charge in [0.1, 0.15) is 23.2 Å². The van der Waals surface area contributed by atoms with Gasteiger partial charge in [-0.05, 0) is 46.2 Å². The molecule has 2 aliphatic heterocycles. The number of amides is 2. The zero-order valence-corrected chi connectivity index (χ0v) is 30.6. The van der Waals surface area contributed by atoms with E-state index in [1.807, 2.05) is 182 Å². The monoisotopic (exact) mass is 746 g/mol. The fourth-order valence-corrected chi connectivity index (χ4v) is 8.55. The van der Waals surface area contributed by atoms with E-state index in [9.17, 15) is 28.0 Å². The minimum Gasteiger partial charge on any atom is -0.312 e. The van der Waals surface area contributed by atoms with Crippen LogP contribution in [0.3, 0.4) is 0 Å². The lowest BCUT2D eigenvalue weighted by atomic mass is 9.75. The summed E-state index contributed by atoms with van der Waals surface area (Å²) < 4.78 is 28.1. The van der Waals surface area contributed by atoms with E-state index in [0.717, 1.165) is 33.4 Å². The van der Waals surface area contributed by atoms with Gasteiger partial charge in [-0.3, -0.25) is 19.2 Å². The Bertz CT molecular complexity index is 1920. The van der Waals surface area contributed by atoms with Crippen LogP contribution in [0.15, 0.2) is 182 Å². The smallest absolute Gasteiger partial charge is 0.312 e. The molecule has 2 fully saturated rings. The molecule has 2 saturated heterocycles. The summed E-state index contributed by atoms with van der Waals surface area (Å²) in [6.45, 7) is 0. The Balaban J connectivity index is 0.000000172. The molecule has 0 aliphatic carbocycles. The van der Waals surface area contributed by atoms with Gasteiger partial charge in [-0.1, -0.05) is 182 Å². The van der Waals surface area contributed by atoms with Crippen LogP contribution in [-0.4, -0.2) is 45.8 Å². The second kappa shape index (κ2) is 16.4. The number of halogens is 2. The first kappa shape index (κ1) is 37.8. The maximum atomic E-state index is 14.1. The predicted octanol–water partition coefficient (Wildman–Crippen LogP) is 8.93. The quantitative estimate of drug-likeness (QED) is 0.104. The van der Waals surface area contributed by atoms with E-state index in [2.05, 4.69) is 0 Å². The molecule has 2 aliphatic rings. The van der Waals surface area contributed by atoms with Crippen LogP contribution in [0.5, 0.6) is 0 Å². The van der Waals surface area contributed by atoms with E-state index in [1.165, 1.54) is 9.80 Å². The number of rotatable bonds is 10. The summed E-state index contributed by atoms with van der Waals surface area (Å²) in [7, 11) is 0. The normalized spacial score (nSPS) is 17.0. The fourth-order valence-electron chi connectivity index (χ4n) is 8.55. The minimum absolute atomic E-state index is 0.147. The summed E-state index contributed by atoms with van der Waals surface area (Å²) in [5.41, 5.74) is 2.70. The largest absolute Gasteiger partial charge is 0.323 e. The van der Waals surface area contributed by atoms with Crippen molar-refractivity contribution in [1.29, 1.82) is 0 Å². The maximum absolute atomic E-state index is 14.1. The first-order valence-electron chi connectivity index (χ1n) is 18.7. The van der Waals surface area contributed by atoms with E-state index in [4.69, 9.17) is 0 Å². The van der Waals surface area contributed by atoms with E-state index in [-0.39, 0.29) is 37.5 Å². The highest BCUT2D eigenvalue weighted by Gasteiger charge is 2.53. The molecule has 2 amide bonds. The van der Waals surface area contributed by atoms with Gasteiger partial charge in [0.25, 0.3) is 0 Å². The van der Waals surface area contributed by atoms with Crippen LogP contribution in [0.1, 0.15) is 59.1 Å². The van der Waals surface area contributed by atoms with Gasteiger partial charge in [-0.15, -0.1) is 0 Å². The van der Waals surface area contributed by atoms with Gasteiger partial charge in [-0.2, -0.15) is 8.78 Å². The molecule has 56 heavy (non-hydrogen) atoms. The third-order valence-corrected chi connectivity index (χ3v) is 10.8. The van der Waals surface area contributed by atoms with Crippen LogP contribution < -0.4 is 0 Å². The van der Waals surface area contributed by atoms with Gasteiger partial charge in [0, 0.05) is 12.8 Å². The number of carbonyl (C=O) groups is 4. The van der Waals surface area contributed by atoms with Crippen molar-refractivity contribution in [3.05, 3.63) is 215 Å². The van der Waals surface area contributed by atoms with Crippen LogP contribution in [-0.2, 0) is 30.3 Å². The first-order valence-corrected chi connectivity index (χ1v) is 18.7. The number of hydrogen-bond donors (Lipinski definition) is 0. The molecule has 0 spiro atoms. The Morgan fingerprint density at radius 3 is 0.768 bits per heavy atom. The average molecular weight is 747 g/mol. The molecule has 0 bridgehead atoms. The molecule has 8 heteroatoms. The Morgan fingerprint density at radius 2 is 0.589 bits per heavy atom. The van der Waals surface area contributed by atoms with Gasteiger partial charge in [0.15, 0.2) is 0 Å². The third-order valence-electron chi connectivity index (χ3n) is 10.8. The highest BCUT2D eigenvalue weighted by molar-refractivity contribution is 5.90. The summed E-state index contributed by atoms with van der Waals surface area (Å²) in [6, 6.07) is 52.0. The predicted molar refractivity (Wildman–Crippen MR) is 210 cm³/mol. The van der Waals surface area contributed by atoms with Crippen molar-refractivity contribution < 1.29 is 28.0 Å². The topological polar surface area (TPSA) is 74.8 Å². The summed E-state index contributed by atoms with van der Waals surface area (Å²) in [6.07, 6.45) is 0.661. The lowest BCUT2D eigenvalue weighted by Crippen LogP contribution is -2.54. The molecule has 0 saturated carbocycles. The van der Waals surface area contributed by atoms with Crippen LogP contribution >= 0.6 is 0 Å². The Hall–Kier alpha value is -6.54. The summed E-state index contributed by atoms with van der Waals surface area (Å²) in [4.78, 5) is 52.8. The average Bonchev–Trinajstić information content (AvgIpc) is 3.84. The van der Waals surface area contributed by atoms with Crippen LogP contribution in [0, 0.1) is 0 Å². The highest BCUT2D eigenvalue weighted by Crippen LogP contribution is 2.48. The van der Waals surface area contributed by atoms with Crippen molar-refractivity contribution in [2.75, 3.05) is 0 Å². The molecule has 280 valence electrons. The molecule has 0 aromatic heterocycles. The Labute approximate surface area is 325 Å². The second-order valence-electron chi connectivity index (χ2n) is 13.9. The van der Waals surface area contributed by atoms with Crippen LogP contribution in [0.4, 0.5) is 8.78 Å². The van der Waals surface area contributed by atoms with Crippen molar-refractivity contribution >= 4 is 23.9 Å². The molecule has 6 nitrogen and oxygen atoms in total. The van der Waals surface area contributed by atoms with Crippen molar-refractivity contribution in [3.63, 3.8) is 0 Å².